The third-order valence-electron chi connectivity index (χ3n) is 6.49. The Balaban J connectivity index is 1.81. The van der Waals surface area contributed by atoms with Crippen LogP contribution in [0, 0.1) is 12.8 Å². The van der Waals surface area contributed by atoms with E-state index in [0.29, 0.717) is 28.2 Å². The molecule has 1 saturated heterocycles. The van der Waals surface area contributed by atoms with Gasteiger partial charge in [0.05, 0.1) is 5.69 Å². The van der Waals surface area contributed by atoms with Gasteiger partial charge in [-0.3, -0.25) is 9.59 Å². The standard InChI is InChI=1S/C25H26N4O2/c1-16-8-10-18(11-9-16)29-25(31)23-21(19-6-4-5-7-20(19)27(23)3)22(26-29)24(30)28-14-12-17(2)13-15-28/h4-11,17H,12-15H2,1-3H3. The van der Waals surface area contributed by atoms with Gasteiger partial charge >= 0.3 is 0 Å². The summed E-state index contributed by atoms with van der Waals surface area (Å²) in [6.07, 6.45) is 1.98. The summed E-state index contributed by atoms with van der Waals surface area (Å²) in [5, 5.41) is 6.19. The number of nitrogens with zero attached hydrogens (tertiary/aromatic N) is 4. The van der Waals surface area contributed by atoms with Crippen LogP contribution in [0.3, 0.4) is 0 Å². The molecule has 31 heavy (non-hydrogen) atoms. The fourth-order valence-corrected chi connectivity index (χ4v) is 4.55. The third kappa shape index (κ3) is 3.14. The number of benzene rings is 2. The van der Waals surface area contributed by atoms with Crippen molar-refractivity contribution in [3.05, 3.63) is 70.1 Å². The molecule has 0 saturated carbocycles. The van der Waals surface area contributed by atoms with Gasteiger partial charge in [-0.1, -0.05) is 42.8 Å². The molecule has 2 aromatic carbocycles. The highest BCUT2D eigenvalue weighted by atomic mass is 16.2. The predicted molar refractivity (Wildman–Crippen MR) is 123 cm³/mol. The highest BCUT2D eigenvalue weighted by molar-refractivity contribution is 6.16. The maximum atomic E-state index is 13.7. The summed E-state index contributed by atoms with van der Waals surface area (Å²) in [6.45, 7) is 5.66. The zero-order chi connectivity index (χ0) is 21.7. The first-order valence-corrected chi connectivity index (χ1v) is 10.8. The number of hydrogen-bond donors (Lipinski definition) is 0. The van der Waals surface area contributed by atoms with E-state index in [4.69, 9.17) is 0 Å². The lowest BCUT2D eigenvalue weighted by molar-refractivity contribution is 0.0691. The van der Waals surface area contributed by atoms with Gasteiger partial charge in [0.25, 0.3) is 11.5 Å². The molecule has 0 N–H and O–H groups in total. The number of fused-ring (bicyclic) bond motifs is 3. The van der Waals surface area contributed by atoms with Gasteiger partial charge in [0, 0.05) is 36.4 Å². The Morgan fingerprint density at radius 2 is 1.71 bits per heavy atom. The van der Waals surface area contributed by atoms with Crippen LogP contribution < -0.4 is 5.56 Å². The Morgan fingerprint density at radius 1 is 1.03 bits per heavy atom. The van der Waals surface area contributed by atoms with E-state index in [1.807, 2.05) is 72.0 Å². The second kappa shape index (κ2) is 7.38. The van der Waals surface area contributed by atoms with Crippen molar-refractivity contribution >= 4 is 27.7 Å². The van der Waals surface area contributed by atoms with Crippen LogP contribution >= 0.6 is 0 Å². The van der Waals surface area contributed by atoms with Crippen molar-refractivity contribution in [2.24, 2.45) is 13.0 Å². The summed E-state index contributed by atoms with van der Waals surface area (Å²) in [4.78, 5) is 29.1. The summed E-state index contributed by atoms with van der Waals surface area (Å²) in [6, 6.07) is 15.5. The monoisotopic (exact) mass is 414 g/mol. The lowest BCUT2D eigenvalue weighted by Crippen LogP contribution is -2.39. The number of hydrogen-bond acceptors (Lipinski definition) is 3. The summed E-state index contributed by atoms with van der Waals surface area (Å²) in [5.74, 6) is 0.519. The van der Waals surface area contributed by atoms with Crippen molar-refractivity contribution < 1.29 is 4.79 Å². The average molecular weight is 415 g/mol. The summed E-state index contributed by atoms with van der Waals surface area (Å²) in [7, 11) is 1.88. The molecule has 3 heterocycles. The zero-order valence-electron chi connectivity index (χ0n) is 18.1. The van der Waals surface area contributed by atoms with E-state index in [0.717, 1.165) is 42.4 Å². The number of carbonyl (C=O) groups is 1. The van der Waals surface area contributed by atoms with Crippen LogP contribution in [0.2, 0.25) is 0 Å². The first-order chi connectivity index (χ1) is 15.0. The SMILES string of the molecule is Cc1ccc(-n2nc(C(=O)N3CCC(C)CC3)c3c4ccccc4n(C)c3c2=O)cc1. The molecule has 0 unspecified atom stereocenters. The fourth-order valence-electron chi connectivity index (χ4n) is 4.55. The number of likely N-dealkylation sites (tertiary alicyclic amines) is 1. The Labute approximate surface area is 180 Å². The molecule has 0 spiro atoms. The maximum absolute atomic E-state index is 13.7. The van der Waals surface area contributed by atoms with Gasteiger partial charge in [-0.25, -0.2) is 0 Å². The molecule has 6 nitrogen and oxygen atoms in total. The number of piperidine rings is 1. The lowest BCUT2D eigenvalue weighted by Gasteiger charge is -2.30. The molecule has 1 fully saturated rings. The van der Waals surface area contributed by atoms with E-state index in [1.54, 1.807) is 0 Å². The van der Waals surface area contributed by atoms with Crippen LogP contribution in [0.1, 0.15) is 35.8 Å². The molecule has 2 aromatic heterocycles. The Kier molecular flexibility index (Phi) is 4.65. The summed E-state index contributed by atoms with van der Waals surface area (Å²) < 4.78 is 3.26. The lowest BCUT2D eigenvalue weighted by atomic mass is 9.99. The molecule has 158 valence electrons. The number of rotatable bonds is 2. The normalized spacial score (nSPS) is 15.1. The first-order valence-electron chi connectivity index (χ1n) is 10.8. The number of aromatic nitrogens is 3. The maximum Gasteiger partial charge on any atom is 0.296 e. The highest BCUT2D eigenvalue weighted by Crippen LogP contribution is 2.30. The fraction of sp³-hybridized carbons (Fsp3) is 0.320. The van der Waals surface area contributed by atoms with Crippen molar-refractivity contribution in [2.75, 3.05) is 13.1 Å². The van der Waals surface area contributed by atoms with E-state index < -0.39 is 0 Å². The summed E-state index contributed by atoms with van der Waals surface area (Å²) >= 11 is 0. The minimum absolute atomic E-state index is 0.103. The Bertz CT molecular complexity index is 1360. The van der Waals surface area contributed by atoms with Crippen LogP contribution in [0.4, 0.5) is 0 Å². The topological polar surface area (TPSA) is 60.1 Å². The minimum Gasteiger partial charge on any atom is -0.339 e. The first kappa shape index (κ1) is 19.5. The van der Waals surface area contributed by atoms with Crippen molar-refractivity contribution in [3.8, 4) is 5.69 Å². The molecular formula is C25H26N4O2. The van der Waals surface area contributed by atoms with E-state index in [-0.39, 0.29) is 11.5 Å². The van der Waals surface area contributed by atoms with E-state index >= 15 is 0 Å². The second-order valence-electron chi connectivity index (χ2n) is 8.68. The minimum atomic E-state index is -0.221. The van der Waals surface area contributed by atoms with Gasteiger partial charge in [0.2, 0.25) is 0 Å². The Hall–Kier alpha value is -3.41. The van der Waals surface area contributed by atoms with Gasteiger partial charge in [0.15, 0.2) is 5.69 Å². The van der Waals surface area contributed by atoms with Gasteiger partial charge in [-0.2, -0.15) is 9.78 Å². The van der Waals surface area contributed by atoms with Crippen molar-refractivity contribution in [1.82, 2.24) is 19.2 Å². The third-order valence-corrected chi connectivity index (χ3v) is 6.49. The van der Waals surface area contributed by atoms with Gasteiger partial charge < -0.3 is 9.47 Å². The number of aryl methyl sites for hydroxylation is 2. The van der Waals surface area contributed by atoms with Gasteiger partial charge in [-0.05, 0) is 43.9 Å². The van der Waals surface area contributed by atoms with Gasteiger partial charge in [-0.15, -0.1) is 0 Å². The van der Waals surface area contributed by atoms with Crippen LogP contribution in [-0.4, -0.2) is 38.2 Å². The van der Waals surface area contributed by atoms with Crippen molar-refractivity contribution in [1.29, 1.82) is 0 Å². The Morgan fingerprint density at radius 3 is 2.42 bits per heavy atom. The molecule has 0 bridgehead atoms. The molecule has 0 radical (unpaired) electrons. The molecule has 1 aliphatic rings. The summed E-state index contributed by atoms with van der Waals surface area (Å²) in [5.41, 5.74) is 3.30. The number of amides is 1. The van der Waals surface area contributed by atoms with E-state index in [2.05, 4.69) is 12.0 Å². The molecule has 1 aliphatic heterocycles. The highest BCUT2D eigenvalue weighted by Gasteiger charge is 2.28. The molecule has 0 atom stereocenters. The zero-order valence-corrected chi connectivity index (χ0v) is 18.1. The van der Waals surface area contributed by atoms with Crippen LogP contribution in [0.5, 0.6) is 0 Å². The second-order valence-corrected chi connectivity index (χ2v) is 8.68. The predicted octanol–water partition coefficient (Wildman–Crippen LogP) is 4.06. The van der Waals surface area contributed by atoms with Crippen molar-refractivity contribution in [3.63, 3.8) is 0 Å². The largest absolute Gasteiger partial charge is 0.339 e. The molecule has 4 aromatic rings. The molecule has 0 aliphatic carbocycles. The number of para-hydroxylation sites is 1. The quantitative estimate of drug-likeness (QED) is 0.497. The van der Waals surface area contributed by atoms with Crippen LogP contribution in [0.25, 0.3) is 27.5 Å². The average Bonchev–Trinajstić information content (AvgIpc) is 3.08. The smallest absolute Gasteiger partial charge is 0.296 e. The van der Waals surface area contributed by atoms with Crippen molar-refractivity contribution in [2.45, 2.75) is 26.7 Å². The number of carbonyl (C=O) groups excluding carboxylic acids is 1. The molecule has 5 rings (SSSR count). The molecule has 1 amide bonds. The molecular weight excluding hydrogens is 388 g/mol. The van der Waals surface area contributed by atoms with Crippen LogP contribution in [0.15, 0.2) is 53.3 Å². The van der Waals surface area contributed by atoms with E-state index in [1.165, 1.54) is 4.68 Å². The van der Waals surface area contributed by atoms with Crippen LogP contribution in [-0.2, 0) is 7.05 Å². The van der Waals surface area contributed by atoms with E-state index in [9.17, 15) is 9.59 Å². The molecule has 6 heteroatoms. The van der Waals surface area contributed by atoms with Gasteiger partial charge in [0.1, 0.15) is 5.52 Å².